The summed E-state index contributed by atoms with van der Waals surface area (Å²) in [5.74, 6) is 0. The lowest BCUT2D eigenvalue weighted by molar-refractivity contribution is 0.669. The second-order valence-electron chi connectivity index (χ2n) is 37.2. The molecule has 0 aliphatic heterocycles. The van der Waals surface area contributed by atoms with Crippen molar-refractivity contribution in [2.24, 2.45) is 0 Å². The average molecular weight is 1970 g/mol. The van der Waals surface area contributed by atoms with Crippen LogP contribution >= 0.6 is 56.7 Å². The van der Waals surface area contributed by atoms with Gasteiger partial charge in [-0.25, -0.2) is 0 Å². The fraction of sp³-hybridized carbons (Fsp3) is 0. The number of thiophene rings is 5. The second-order valence-corrected chi connectivity index (χ2v) is 42.5. The van der Waals surface area contributed by atoms with Crippen molar-refractivity contribution in [2.75, 3.05) is 14.7 Å². The third-order valence-corrected chi connectivity index (χ3v) is 34.5. The quantitative estimate of drug-likeness (QED) is 0.0906. The van der Waals surface area contributed by atoms with Gasteiger partial charge in [-0.15, -0.1) is 56.7 Å². The first-order chi connectivity index (χ1) is 72.8. The molecule has 4 nitrogen and oxygen atoms in total. The summed E-state index contributed by atoms with van der Waals surface area (Å²) in [7, 11) is 0. The predicted octanol–water partition coefficient (Wildman–Crippen LogP) is 42.5. The summed E-state index contributed by atoms with van der Waals surface area (Å²) in [4.78, 5) is 7.05. The molecule has 0 radical (unpaired) electrons. The van der Waals surface area contributed by atoms with Crippen molar-refractivity contribution in [3.05, 3.63) is 540 Å². The minimum Gasteiger partial charge on any atom is -0.456 e. The van der Waals surface area contributed by atoms with Crippen LogP contribution in [-0.4, -0.2) is 0 Å². The second kappa shape index (κ2) is 38.2. The zero-order valence-electron chi connectivity index (χ0n) is 79.7. The van der Waals surface area contributed by atoms with Crippen LogP contribution in [0, 0.1) is 0 Å². The average Bonchev–Trinajstić information content (AvgIpc) is 1.74. The van der Waals surface area contributed by atoms with Crippen LogP contribution in [0.15, 0.2) is 544 Å². The number of furan rings is 1. The fourth-order valence-electron chi connectivity index (χ4n) is 21.2. The van der Waals surface area contributed by atoms with E-state index in [1.54, 1.807) is 0 Å². The Balaban J connectivity index is 0.000000109. The van der Waals surface area contributed by atoms with Crippen molar-refractivity contribution in [3.8, 4) is 89.0 Å². The SMILES string of the molecule is c1ccc(-c2ccc(N(c3ccc(-c4ccc(-c5cccc6c5sc5ccccc56)cc4)cc3)c3ccc4oc5ccccc5c4c3)cc2)cc1.c1ccc(-c2ccc(N(c3ccc(-c4ccc(-c5cccc6c5sc5ccccc56)cc4)cc3)c3ccc4sc5ccccc5c4c3)cc2)cc1.c1ccc(N(c2ccc(-c3ccc(-c4cccc5c4sc4ccccc45)cc3)cc2)c2ccc3sc4ccccc4c3c2)cc1. The van der Waals surface area contributed by atoms with Crippen molar-refractivity contribution in [1.82, 2.24) is 0 Å². The lowest BCUT2D eigenvalue weighted by atomic mass is 9.99. The molecule has 0 fully saturated rings. The first kappa shape index (κ1) is 88.3. The smallest absolute Gasteiger partial charge is 0.135 e. The highest BCUT2D eigenvalue weighted by atomic mass is 32.1. The number of anilines is 9. The van der Waals surface area contributed by atoms with Gasteiger partial charge in [0.15, 0.2) is 0 Å². The van der Waals surface area contributed by atoms with Crippen molar-refractivity contribution < 1.29 is 4.42 Å². The van der Waals surface area contributed by atoms with Gasteiger partial charge in [0.1, 0.15) is 11.2 Å². The van der Waals surface area contributed by atoms with Crippen LogP contribution in [0.2, 0.25) is 0 Å². The Morgan fingerprint density at radius 3 is 0.660 bits per heavy atom. The lowest BCUT2D eigenvalue weighted by Crippen LogP contribution is -2.09. The molecule has 0 unspecified atom stereocenters. The van der Waals surface area contributed by atoms with E-state index in [0.717, 1.165) is 73.1 Å². The number of rotatable bonds is 17. The highest BCUT2D eigenvalue weighted by Gasteiger charge is 2.24. The molecule has 0 aliphatic rings. The molecule has 0 saturated carbocycles. The number of fused-ring (bicyclic) bond motifs is 18. The van der Waals surface area contributed by atoms with Gasteiger partial charge in [-0.2, -0.15) is 0 Å². The van der Waals surface area contributed by atoms with Crippen LogP contribution < -0.4 is 14.7 Å². The fourth-order valence-corrected chi connectivity index (χ4v) is 27.1. The Hall–Kier alpha value is -17.6. The summed E-state index contributed by atoms with van der Waals surface area (Å²) in [5.41, 5.74) is 31.5. The van der Waals surface area contributed by atoms with Gasteiger partial charge >= 0.3 is 0 Å². The minimum absolute atomic E-state index is 0.890. The van der Waals surface area contributed by atoms with Crippen molar-refractivity contribution in [3.63, 3.8) is 0 Å². The van der Waals surface area contributed by atoms with E-state index in [1.165, 1.54) is 190 Å². The first-order valence-corrected chi connectivity index (χ1v) is 53.8. The molecular weight excluding hydrogens is 1880 g/mol. The molecule has 0 atom stereocenters. The van der Waals surface area contributed by atoms with Gasteiger partial charge in [-0.05, 0) is 253 Å². The topological polar surface area (TPSA) is 22.9 Å². The van der Waals surface area contributed by atoms with E-state index in [9.17, 15) is 0 Å². The molecule has 147 heavy (non-hydrogen) atoms. The molecule has 0 spiro atoms. The Bertz CT molecular complexity index is 9550. The third kappa shape index (κ3) is 16.8. The Morgan fingerprint density at radius 1 is 0.122 bits per heavy atom. The normalized spacial score (nSPS) is 11.5. The molecule has 692 valence electrons. The zero-order chi connectivity index (χ0) is 97.2. The van der Waals surface area contributed by atoms with E-state index >= 15 is 0 Å². The maximum absolute atomic E-state index is 6.18. The number of hydrogen-bond donors (Lipinski definition) is 0. The molecule has 0 saturated heterocycles. The highest BCUT2D eigenvalue weighted by Crippen LogP contribution is 2.50. The maximum Gasteiger partial charge on any atom is 0.135 e. The van der Waals surface area contributed by atoms with Crippen LogP contribution in [0.4, 0.5) is 51.2 Å². The van der Waals surface area contributed by atoms with E-state index in [4.69, 9.17) is 4.42 Å². The van der Waals surface area contributed by atoms with E-state index < -0.39 is 0 Å². The predicted molar refractivity (Wildman–Crippen MR) is 639 cm³/mol. The van der Waals surface area contributed by atoms with Crippen molar-refractivity contribution in [2.45, 2.75) is 0 Å². The highest BCUT2D eigenvalue weighted by molar-refractivity contribution is 7.28. The summed E-state index contributed by atoms with van der Waals surface area (Å²) in [6, 6.07) is 195. The van der Waals surface area contributed by atoms with Gasteiger partial charge in [0, 0.05) is 163 Å². The summed E-state index contributed by atoms with van der Waals surface area (Å²) in [6.45, 7) is 0. The molecule has 23 aromatic carbocycles. The standard InChI is InChI=1S/C48H31NOS.C48H31NS2.C42H27NS2/c1-2-9-32(10-3-1)34-21-25-37(26-22-34)49(39-29-30-46-44(31-39)41-11-4-6-15-45(41)50-46)38-27-23-35(24-28-38)33-17-19-36(20-18-33)40-13-8-14-43-42-12-5-7-16-47(42)51-48(40)43;1-2-9-32(10-3-1)34-21-25-37(26-22-34)49(39-29-30-47-44(31-39)42-12-5-6-15-45(42)50-47)38-27-23-35(24-28-38)33-17-19-36(20-18-33)40-13-8-14-43-41-11-4-7-16-46(41)51-48(40)43;1-2-9-31(10-3-1)43(33-25-26-41-38(27-33)36-12-5-6-15-39(36)44-41)32-23-21-29(22-24-32)28-17-19-30(20-18-28)34-13-8-14-37-35-11-4-7-16-40(35)45-42(34)37/h2*1-31H;1-27H. The maximum atomic E-state index is 6.18. The molecular formula is C138H89N3OS5. The van der Waals surface area contributed by atoms with E-state index in [-0.39, 0.29) is 0 Å². The van der Waals surface area contributed by atoms with E-state index in [1.807, 2.05) is 68.8 Å². The molecule has 6 aromatic heterocycles. The van der Waals surface area contributed by atoms with E-state index in [2.05, 4.69) is 542 Å². The molecule has 29 aromatic rings. The lowest BCUT2D eigenvalue weighted by Gasteiger charge is -2.26. The summed E-state index contributed by atoms with van der Waals surface area (Å²) >= 11 is 9.35. The van der Waals surface area contributed by atoms with Crippen LogP contribution in [0.3, 0.4) is 0 Å². The van der Waals surface area contributed by atoms with Gasteiger partial charge in [0.25, 0.3) is 0 Å². The van der Waals surface area contributed by atoms with Crippen molar-refractivity contribution >= 4 is 231 Å². The van der Waals surface area contributed by atoms with Crippen molar-refractivity contribution in [1.29, 1.82) is 0 Å². The van der Waals surface area contributed by atoms with Gasteiger partial charge in [-0.3, -0.25) is 0 Å². The number of para-hydroxylation sites is 2. The monoisotopic (exact) mass is 1960 g/mol. The molecule has 0 aliphatic carbocycles. The number of benzene rings is 23. The number of nitrogens with zero attached hydrogens (tertiary/aromatic N) is 3. The molecule has 0 bridgehead atoms. The number of hydrogen-bond acceptors (Lipinski definition) is 9. The molecule has 6 heterocycles. The summed E-state index contributed by atoms with van der Waals surface area (Å²) in [6.07, 6.45) is 0. The molecule has 0 amide bonds. The van der Waals surface area contributed by atoms with Crippen LogP contribution in [0.5, 0.6) is 0 Å². The Kier molecular flexibility index (Phi) is 23.0. The van der Waals surface area contributed by atoms with Gasteiger partial charge in [0.2, 0.25) is 0 Å². The van der Waals surface area contributed by atoms with Crippen LogP contribution in [0.25, 0.3) is 212 Å². The zero-order valence-corrected chi connectivity index (χ0v) is 83.8. The largest absolute Gasteiger partial charge is 0.456 e. The van der Waals surface area contributed by atoms with E-state index in [0.29, 0.717) is 0 Å². The Morgan fingerprint density at radius 2 is 0.333 bits per heavy atom. The van der Waals surface area contributed by atoms with Gasteiger partial charge in [0.05, 0.1) is 0 Å². The van der Waals surface area contributed by atoms with Crippen LogP contribution in [0.1, 0.15) is 0 Å². The Labute approximate surface area is 871 Å². The molecule has 9 heteroatoms. The molecule has 29 rings (SSSR count). The van der Waals surface area contributed by atoms with Gasteiger partial charge in [-0.1, -0.05) is 376 Å². The van der Waals surface area contributed by atoms with Gasteiger partial charge < -0.3 is 19.1 Å². The third-order valence-electron chi connectivity index (χ3n) is 28.5. The molecule has 0 N–H and O–H groups in total. The summed E-state index contributed by atoms with van der Waals surface area (Å²) < 4.78 is 19.5. The first-order valence-electron chi connectivity index (χ1n) is 49.7. The van der Waals surface area contributed by atoms with Crippen LogP contribution in [-0.2, 0) is 0 Å². The minimum atomic E-state index is 0.890. The summed E-state index contributed by atoms with van der Waals surface area (Å²) in [5, 5.41) is 15.4.